The molecule has 7 nitrogen and oxygen atoms in total. The minimum Gasteiger partial charge on any atom is -0.374 e. The molecular weight excluding hydrogens is 306 g/mol. The van der Waals surface area contributed by atoms with Crippen molar-refractivity contribution in [3.63, 3.8) is 0 Å². The summed E-state index contributed by atoms with van der Waals surface area (Å²) in [6.45, 7) is 3.00. The van der Waals surface area contributed by atoms with Crippen LogP contribution in [0.4, 0.5) is 0 Å². The maximum absolute atomic E-state index is 13.1. The van der Waals surface area contributed by atoms with Gasteiger partial charge in [-0.2, -0.15) is 15.4 Å². The van der Waals surface area contributed by atoms with E-state index in [0.29, 0.717) is 24.5 Å². The van der Waals surface area contributed by atoms with Crippen LogP contribution in [-0.2, 0) is 4.74 Å². The molecule has 0 aliphatic carbocycles. The van der Waals surface area contributed by atoms with Gasteiger partial charge in [0.2, 0.25) is 0 Å². The number of amides is 1. The van der Waals surface area contributed by atoms with Gasteiger partial charge in [0.25, 0.3) is 5.91 Å². The Morgan fingerprint density at radius 3 is 2.92 bits per heavy atom. The van der Waals surface area contributed by atoms with Crippen LogP contribution in [-0.4, -0.2) is 76.6 Å². The number of fused-ring (bicyclic) bond motifs is 1. The summed E-state index contributed by atoms with van der Waals surface area (Å²) in [4.78, 5) is 17.3. The predicted molar refractivity (Wildman–Crippen MR) is 88.5 cm³/mol. The number of hydrogen-bond acceptors (Lipinski definition) is 5. The molecule has 2 fully saturated rings. The van der Waals surface area contributed by atoms with Gasteiger partial charge in [-0.25, -0.2) is 0 Å². The first-order valence-electron chi connectivity index (χ1n) is 8.31. The Hall–Kier alpha value is -2.25. The fourth-order valence-corrected chi connectivity index (χ4v) is 3.60. The first-order chi connectivity index (χ1) is 11.7. The number of rotatable bonds is 2. The van der Waals surface area contributed by atoms with Gasteiger partial charge >= 0.3 is 0 Å². The summed E-state index contributed by atoms with van der Waals surface area (Å²) in [5.74, 6) is -0.0730. The summed E-state index contributed by atoms with van der Waals surface area (Å²) in [7, 11) is 2.08. The van der Waals surface area contributed by atoms with Crippen LogP contribution in [0.5, 0.6) is 0 Å². The number of likely N-dealkylation sites (N-methyl/N-ethyl adjacent to an activating group) is 1. The monoisotopic (exact) mass is 327 g/mol. The maximum atomic E-state index is 13.1. The van der Waals surface area contributed by atoms with Crippen LogP contribution in [0.1, 0.15) is 16.9 Å². The molecule has 7 heteroatoms. The molecule has 1 aromatic heterocycles. The Kier molecular flexibility index (Phi) is 4.03. The van der Waals surface area contributed by atoms with E-state index >= 15 is 0 Å². The van der Waals surface area contributed by atoms with Crippen LogP contribution in [0, 0.1) is 0 Å². The molecule has 2 saturated heterocycles. The van der Waals surface area contributed by atoms with Crippen molar-refractivity contribution >= 4 is 5.91 Å². The van der Waals surface area contributed by atoms with E-state index in [-0.39, 0.29) is 18.1 Å². The quantitative estimate of drug-likeness (QED) is 0.891. The number of carbonyl (C=O) groups is 1. The molecule has 0 bridgehead atoms. The van der Waals surface area contributed by atoms with E-state index in [1.807, 2.05) is 35.2 Å². The highest BCUT2D eigenvalue weighted by atomic mass is 16.5. The SMILES string of the molecule is CN1CC[C@@H]2OCCN(C(=O)c3n[nH]nc3-c3ccccc3)[C@H]2C1. The van der Waals surface area contributed by atoms with E-state index in [1.54, 1.807) is 0 Å². The van der Waals surface area contributed by atoms with E-state index in [1.165, 1.54) is 0 Å². The zero-order chi connectivity index (χ0) is 16.5. The molecular formula is C17H21N5O2. The summed E-state index contributed by atoms with van der Waals surface area (Å²) in [6, 6.07) is 9.75. The number of benzene rings is 1. The first kappa shape index (κ1) is 15.3. The normalized spacial score (nSPS) is 24.6. The molecule has 2 atom stereocenters. The lowest BCUT2D eigenvalue weighted by atomic mass is 9.98. The molecule has 2 aliphatic rings. The fraction of sp³-hybridized carbons (Fsp3) is 0.471. The Morgan fingerprint density at radius 1 is 1.25 bits per heavy atom. The lowest BCUT2D eigenvalue weighted by Gasteiger charge is -2.46. The number of morpholine rings is 1. The fourth-order valence-electron chi connectivity index (χ4n) is 3.60. The average Bonchev–Trinajstić information content (AvgIpc) is 3.11. The van der Waals surface area contributed by atoms with Crippen molar-refractivity contribution in [2.45, 2.75) is 18.6 Å². The van der Waals surface area contributed by atoms with Crippen LogP contribution >= 0.6 is 0 Å². The van der Waals surface area contributed by atoms with Crippen molar-refractivity contribution in [3.8, 4) is 11.3 Å². The Morgan fingerprint density at radius 2 is 2.08 bits per heavy atom. The number of piperidine rings is 1. The Bertz CT molecular complexity index is 717. The van der Waals surface area contributed by atoms with Crippen molar-refractivity contribution in [1.29, 1.82) is 0 Å². The van der Waals surface area contributed by atoms with Crippen molar-refractivity contribution < 1.29 is 9.53 Å². The minimum atomic E-state index is -0.0730. The smallest absolute Gasteiger partial charge is 0.277 e. The highest BCUT2D eigenvalue weighted by molar-refractivity contribution is 5.98. The Labute approximate surface area is 140 Å². The first-order valence-corrected chi connectivity index (χ1v) is 8.31. The number of hydrogen-bond donors (Lipinski definition) is 1. The van der Waals surface area contributed by atoms with Gasteiger partial charge in [0, 0.05) is 25.2 Å². The van der Waals surface area contributed by atoms with Crippen molar-refractivity contribution in [2.75, 3.05) is 33.3 Å². The highest BCUT2D eigenvalue weighted by Crippen LogP contribution is 2.26. The summed E-state index contributed by atoms with van der Waals surface area (Å²) in [5.41, 5.74) is 1.88. The third kappa shape index (κ3) is 2.70. The predicted octanol–water partition coefficient (Wildman–Crippen LogP) is 1.02. The van der Waals surface area contributed by atoms with E-state index < -0.39 is 0 Å². The molecule has 0 saturated carbocycles. The van der Waals surface area contributed by atoms with Crippen LogP contribution in [0.3, 0.4) is 0 Å². The number of aromatic nitrogens is 3. The second-order valence-corrected chi connectivity index (χ2v) is 6.41. The maximum Gasteiger partial charge on any atom is 0.277 e. The molecule has 0 spiro atoms. The highest BCUT2D eigenvalue weighted by Gasteiger charge is 2.39. The average molecular weight is 327 g/mol. The van der Waals surface area contributed by atoms with Gasteiger partial charge in [0.05, 0.1) is 18.8 Å². The van der Waals surface area contributed by atoms with Crippen molar-refractivity contribution in [2.24, 2.45) is 0 Å². The summed E-state index contributed by atoms with van der Waals surface area (Å²) < 4.78 is 5.88. The van der Waals surface area contributed by atoms with Gasteiger partial charge < -0.3 is 14.5 Å². The number of H-pyrrole nitrogens is 1. The number of carbonyl (C=O) groups excluding carboxylic acids is 1. The van der Waals surface area contributed by atoms with Gasteiger partial charge in [-0.05, 0) is 13.5 Å². The third-order valence-corrected chi connectivity index (χ3v) is 4.85. The lowest BCUT2D eigenvalue weighted by molar-refractivity contribution is -0.0871. The number of ether oxygens (including phenoxy) is 1. The number of nitrogens with one attached hydrogen (secondary N) is 1. The topological polar surface area (TPSA) is 74.3 Å². The van der Waals surface area contributed by atoms with Gasteiger partial charge in [-0.15, -0.1) is 0 Å². The summed E-state index contributed by atoms with van der Waals surface area (Å²) in [6.07, 6.45) is 1.07. The van der Waals surface area contributed by atoms with Crippen LogP contribution < -0.4 is 0 Å². The van der Waals surface area contributed by atoms with Crippen molar-refractivity contribution in [3.05, 3.63) is 36.0 Å². The molecule has 0 unspecified atom stereocenters. The van der Waals surface area contributed by atoms with Crippen LogP contribution in [0.2, 0.25) is 0 Å². The summed E-state index contributed by atoms with van der Waals surface area (Å²) in [5, 5.41) is 10.9. The van der Waals surface area contributed by atoms with Crippen LogP contribution in [0.25, 0.3) is 11.3 Å². The zero-order valence-electron chi connectivity index (χ0n) is 13.7. The van der Waals surface area contributed by atoms with E-state index in [4.69, 9.17) is 4.74 Å². The molecule has 2 aliphatic heterocycles. The molecule has 1 amide bonds. The molecule has 1 aromatic carbocycles. The Balaban J connectivity index is 1.63. The number of nitrogens with zero attached hydrogens (tertiary/aromatic N) is 4. The molecule has 1 N–H and O–H groups in total. The molecule has 2 aromatic rings. The van der Waals surface area contributed by atoms with Gasteiger partial charge in [-0.1, -0.05) is 30.3 Å². The molecule has 0 radical (unpaired) electrons. The largest absolute Gasteiger partial charge is 0.374 e. The second kappa shape index (κ2) is 6.33. The van der Waals surface area contributed by atoms with Crippen LogP contribution in [0.15, 0.2) is 30.3 Å². The standard InChI is InChI=1S/C17H21N5O2/c1-21-8-7-14-13(11-21)22(9-10-24-14)17(23)16-15(18-20-19-16)12-5-3-2-4-6-12/h2-6,13-14H,7-11H2,1H3,(H,18,19,20)/t13-,14-/m0/s1. The van der Waals surface area contributed by atoms with Gasteiger partial charge in [0.1, 0.15) is 5.69 Å². The molecule has 24 heavy (non-hydrogen) atoms. The molecule has 3 heterocycles. The van der Waals surface area contributed by atoms with Gasteiger partial charge in [0.15, 0.2) is 5.69 Å². The molecule has 4 rings (SSSR count). The lowest BCUT2D eigenvalue weighted by Crippen LogP contribution is -2.60. The third-order valence-electron chi connectivity index (χ3n) is 4.85. The van der Waals surface area contributed by atoms with Gasteiger partial charge in [-0.3, -0.25) is 4.79 Å². The zero-order valence-corrected chi connectivity index (χ0v) is 13.7. The van der Waals surface area contributed by atoms with Crippen molar-refractivity contribution in [1.82, 2.24) is 25.2 Å². The summed E-state index contributed by atoms with van der Waals surface area (Å²) >= 11 is 0. The van der Waals surface area contributed by atoms with E-state index in [2.05, 4.69) is 27.4 Å². The van der Waals surface area contributed by atoms with E-state index in [9.17, 15) is 4.79 Å². The number of likely N-dealkylation sites (tertiary alicyclic amines) is 1. The minimum absolute atomic E-state index is 0.0730. The number of aromatic amines is 1. The molecule has 126 valence electrons. The second-order valence-electron chi connectivity index (χ2n) is 6.41. The van der Waals surface area contributed by atoms with E-state index in [0.717, 1.165) is 25.1 Å².